The lowest BCUT2D eigenvalue weighted by atomic mass is 10.1. The summed E-state index contributed by atoms with van der Waals surface area (Å²) in [5.74, 6) is 0.597. The quantitative estimate of drug-likeness (QED) is 0.884. The van der Waals surface area contributed by atoms with Gasteiger partial charge >= 0.3 is 0 Å². The van der Waals surface area contributed by atoms with Crippen molar-refractivity contribution in [1.29, 1.82) is 0 Å². The van der Waals surface area contributed by atoms with Crippen LogP contribution in [0.1, 0.15) is 37.9 Å². The highest BCUT2D eigenvalue weighted by atomic mass is 19.1. The van der Waals surface area contributed by atoms with E-state index in [0.29, 0.717) is 12.0 Å². The van der Waals surface area contributed by atoms with Crippen molar-refractivity contribution >= 4 is 5.91 Å². The second kappa shape index (κ2) is 3.57. The molecule has 3 fully saturated rings. The minimum absolute atomic E-state index is 0.0782. The summed E-state index contributed by atoms with van der Waals surface area (Å²) < 4.78 is 13.0. The molecule has 19 heavy (non-hydrogen) atoms. The normalized spacial score (nSPS) is 34.9. The van der Waals surface area contributed by atoms with Gasteiger partial charge in [-0.25, -0.2) is 4.39 Å². The highest BCUT2D eigenvalue weighted by molar-refractivity contribution is 5.92. The maximum absolute atomic E-state index is 13.0. The molecule has 4 heteroatoms. The zero-order chi connectivity index (χ0) is 13.2. The van der Waals surface area contributed by atoms with Crippen LogP contribution in [0.2, 0.25) is 0 Å². The topological polar surface area (TPSA) is 32.3 Å². The Labute approximate surface area is 111 Å². The first-order valence-corrected chi connectivity index (χ1v) is 6.97. The molecule has 100 valence electrons. The SMILES string of the molecule is CC1CC1N1C(=O)C2(CC2)NC1c1ccc(F)cc1. The van der Waals surface area contributed by atoms with Crippen molar-refractivity contribution < 1.29 is 9.18 Å². The van der Waals surface area contributed by atoms with Crippen molar-refractivity contribution in [2.75, 3.05) is 0 Å². The Hall–Kier alpha value is -1.42. The monoisotopic (exact) mass is 260 g/mol. The van der Waals surface area contributed by atoms with Gasteiger partial charge in [0.2, 0.25) is 5.91 Å². The fourth-order valence-electron chi connectivity index (χ4n) is 3.16. The summed E-state index contributed by atoms with van der Waals surface area (Å²) in [6.45, 7) is 2.18. The highest BCUT2D eigenvalue weighted by Crippen LogP contribution is 2.51. The van der Waals surface area contributed by atoms with E-state index < -0.39 is 0 Å². The smallest absolute Gasteiger partial charge is 0.244 e. The predicted octanol–water partition coefficient (Wildman–Crippen LogP) is 2.20. The average Bonchev–Trinajstić information content (AvgIpc) is 3.27. The third-order valence-corrected chi connectivity index (χ3v) is 4.70. The van der Waals surface area contributed by atoms with Gasteiger partial charge in [0.05, 0.1) is 0 Å². The van der Waals surface area contributed by atoms with Gasteiger partial charge in [-0.05, 0) is 42.9 Å². The van der Waals surface area contributed by atoms with E-state index in [2.05, 4.69) is 12.2 Å². The Bertz CT molecular complexity index is 538. The average molecular weight is 260 g/mol. The minimum atomic E-state index is -0.304. The van der Waals surface area contributed by atoms with Crippen LogP contribution in [-0.2, 0) is 4.79 Å². The first kappa shape index (κ1) is 11.4. The summed E-state index contributed by atoms with van der Waals surface area (Å²) in [7, 11) is 0. The van der Waals surface area contributed by atoms with E-state index in [1.807, 2.05) is 4.90 Å². The largest absolute Gasteiger partial charge is 0.318 e. The van der Waals surface area contributed by atoms with Crippen LogP contribution in [0, 0.1) is 11.7 Å². The molecule has 0 radical (unpaired) electrons. The van der Waals surface area contributed by atoms with Gasteiger partial charge in [0.25, 0.3) is 0 Å². The Morgan fingerprint density at radius 3 is 2.47 bits per heavy atom. The fourth-order valence-corrected chi connectivity index (χ4v) is 3.16. The van der Waals surface area contributed by atoms with E-state index in [1.54, 1.807) is 12.1 Å². The van der Waals surface area contributed by atoms with Crippen LogP contribution in [0.3, 0.4) is 0 Å². The fraction of sp³-hybridized carbons (Fsp3) is 0.533. The lowest BCUT2D eigenvalue weighted by Gasteiger charge is -2.24. The standard InChI is InChI=1S/C15H17FN2O/c1-9-8-12(9)18-13(10-2-4-11(16)5-3-10)17-15(6-7-15)14(18)19/h2-5,9,12-13,17H,6-8H2,1H3. The number of carbonyl (C=O) groups excluding carboxylic acids is 1. The molecule has 0 aromatic heterocycles. The summed E-state index contributed by atoms with van der Waals surface area (Å²) in [6.07, 6.45) is 2.87. The number of benzene rings is 1. The van der Waals surface area contributed by atoms with Gasteiger partial charge in [-0.15, -0.1) is 0 Å². The van der Waals surface area contributed by atoms with Crippen molar-refractivity contribution in [1.82, 2.24) is 10.2 Å². The molecule has 3 atom stereocenters. The van der Waals surface area contributed by atoms with E-state index in [4.69, 9.17) is 0 Å². The number of nitrogens with one attached hydrogen (secondary N) is 1. The third kappa shape index (κ3) is 1.62. The molecular weight excluding hydrogens is 243 g/mol. The first-order valence-electron chi connectivity index (χ1n) is 6.97. The van der Waals surface area contributed by atoms with Gasteiger partial charge in [-0.3, -0.25) is 10.1 Å². The van der Waals surface area contributed by atoms with Gasteiger partial charge < -0.3 is 4.90 Å². The van der Waals surface area contributed by atoms with Crippen molar-refractivity contribution in [3.05, 3.63) is 35.6 Å². The van der Waals surface area contributed by atoms with Gasteiger partial charge in [-0.2, -0.15) is 0 Å². The molecule has 2 saturated carbocycles. The molecule has 1 amide bonds. The van der Waals surface area contributed by atoms with Crippen LogP contribution >= 0.6 is 0 Å². The highest BCUT2D eigenvalue weighted by Gasteiger charge is 2.62. The molecule has 1 aliphatic heterocycles. The molecule has 1 heterocycles. The van der Waals surface area contributed by atoms with Crippen molar-refractivity contribution in [3.63, 3.8) is 0 Å². The number of halogens is 1. The molecule has 1 aromatic rings. The zero-order valence-electron chi connectivity index (χ0n) is 10.9. The Morgan fingerprint density at radius 1 is 1.32 bits per heavy atom. The maximum atomic E-state index is 13.0. The van der Waals surface area contributed by atoms with E-state index >= 15 is 0 Å². The summed E-state index contributed by atoms with van der Waals surface area (Å²) >= 11 is 0. The molecule has 3 unspecified atom stereocenters. The van der Waals surface area contributed by atoms with E-state index in [9.17, 15) is 9.18 Å². The van der Waals surface area contributed by atoms with E-state index in [0.717, 1.165) is 24.8 Å². The van der Waals surface area contributed by atoms with Crippen LogP contribution in [0.25, 0.3) is 0 Å². The minimum Gasteiger partial charge on any atom is -0.318 e. The van der Waals surface area contributed by atoms with Gasteiger partial charge in [0.1, 0.15) is 17.5 Å². The van der Waals surface area contributed by atoms with E-state index in [1.165, 1.54) is 12.1 Å². The van der Waals surface area contributed by atoms with Crippen molar-refractivity contribution in [2.24, 2.45) is 5.92 Å². The second-order valence-electron chi connectivity index (χ2n) is 6.17. The Kier molecular flexibility index (Phi) is 2.14. The number of amides is 1. The molecule has 1 spiro atoms. The number of carbonyl (C=O) groups is 1. The molecule has 1 saturated heterocycles. The second-order valence-corrected chi connectivity index (χ2v) is 6.17. The van der Waals surface area contributed by atoms with Gasteiger partial charge in [0.15, 0.2) is 0 Å². The van der Waals surface area contributed by atoms with E-state index in [-0.39, 0.29) is 23.4 Å². The molecular formula is C15H17FN2O. The zero-order valence-corrected chi connectivity index (χ0v) is 10.9. The van der Waals surface area contributed by atoms with Crippen LogP contribution in [0.5, 0.6) is 0 Å². The molecule has 2 aliphatic carbocycles. The molecule has 4 rings (SSSR count). The number of hydrogen-bond donors (Lipinski definition) is 1. The molecule has 0 bridgehead atoms. The lowest BCUT2D eigenvalue weighted by Crippen LogP contribution is -2.34. The van der Waals surface area contributed by atoms with Crippen molar-refractivity contribution in [3.8, 4) is 0 Å². The molecule has 3 aliphatic rings. The van der Waals surface area contributed by atoms with Gasteiger partial charge in [0, 0.05) is 6.04 Å². The third-order valence-electron chi connectivity index (χ3n) is 4.70. The summed E-state index contributed by atoms with van der Waals surface area (Å²) in [5, 5.41) is 3.47. The number of hydrogen-bond acceptors (Lipinski definition) is 2. The molecule has 1 aromatic carbocycles. The Balaban J connectivity index is 1.69. The van der Waals surface area contributed by atoms with Gasteiger partial charge in [-0.1, -0.05) is 19.1 Å². The molecule has 1 N–H and O–H groups in total. The summed E-state index contributed by atoms with van der Waals surface area (Å²) in [6, 6.07) is 6.85. The first-order chi connectivity index (χ1) is 9.11. The Morgan fingerprint density at radius 2 is 1.95 bits per heavy atom. The predicted molar refractivity (Wildman–Crippen MR) is 68.7 cm³/mol. The molecule has 3 nitrogen and oxygen atoms in total. The van der Waals surface area contributed by atoms with Crippen LogP contribution < -0.4 is 5.32 Å². The van der Waals surface area contributed by atoms with Crippen LogP contribution in [0.15, 0.2) is 24.3 Å². The summed E-state index contributed by atoms with van der Waals surface area (Å²) in [5.41, 5.74) is 0.680. The lowest BCUT2D eigenvalue weighted by molar-refractivity contribution is -0.131. The van der Waals surface area contributed by atoms with Crippen LogP contribution in [-0.4, -0.2) is 22.4 Å². The maximum Gasteiger partial charge on any atom is 0.244 e. The van der Waals surface area contributed by atoms with Crippen molar-refractivity contribution in [2.45, 2.75) is 43.9 Å². The van der Waals surface area contributed by atoms with Crippen LogP contribution in [0.4, 0.5) is 4.39 Å². The number of nitrogens with zero attached hydrogens (tertiary/aromatic N) is 1. The number of rotatable bonds is 2. The summed E-state index contributed by atoms with van der Waals surface area (Å²) in [4.78, 5) is 14.6.